The Morgan fingerprint density at radius 1 is 1.00 bits per heavy atom. The number of ketones is 1. The molecule has 1 amide bonds. The molecule has 176 valence electrons. The number of nitrogens with zero attached hydrogens (tertiary/aromatic N) is 2. The fourth-order valence-corrected chi connectivity index (χ4v) is 4.08. The van der Waals surface area contributed by atoms with Gasteiger partial charge in [-0.05, 0) is 72.6 Å². The van der Waals surface area contributed by atoms with Gasteiger partial charge in [0.2, 0.25) is 0 Å². The fraction of sp³-hybridized carbons (Fsp3) is 0.148. The lowest BCUT2D eigenvalue weighted by atomic mass is 9.94. The van der Waals surface area contributed by atoms with E-state index in [-0.39, 0.29) is 16.7 Å². The van der Waals surface area contributed by atoms with Gasteiger partial charge in [-0.1, -0.05) is 6.07 Å². The van der Waals surface area contributed by atoms with E-state index >= 15 is 0 Å². The van der Waals surface area contributed by atoms with Crippen molar-refractivity contribution in [1.82, 2.24) is 0 Å². The summed E-state index contributed by atoms with van der Waals surface area (Å²) in [7, 11) is 2.94. The lowest BCUT2D eigenvalue weighted by molar-refractivity contribution is -0.132. The summed E-state index contributed by atoms with van der Waals surface area (Å²) in [4.78, 5) is 27.7. The van der Waals surface area contributed by atoms with Crippen molar-refractivity contribution in [3.63, 3.8) is 0 Å². The Morgan fingerprint density at radius 3 is 2.29 bits per heavy atom. The standard InChI is InChI=1S/C27H21FN2O5/c1-15-12-18(6-10-20(15)28)25(31)23-24(17-7-11-21(34-2)22(13-17)35-3)30(27(33)26(23)32)19-8-4-16(14-29)5-9-19/h4-13,24,31H,1-3H3/b25-23-. The number of rotatable bonds is 5. The number of Topliss-reactive ketones (excluding diaryl/α,β-unsaturated/α-hetero) is 1. The molecule has 0 radical (unpaired) electrons. The molecule has 8 heteroatoms. The highest BCUT2D eigenvalue weighted by Crippen LogP contribution is 2.44. The smallest absolute Gasteiger partial charge is 0.300 e. The number of aliphatic hydroxyl groups is 1. The number of methoxy groups -OCH3 is 2. The summed E-state index contributed by atoms with van der Waals surface area (Å²) in [6, 6.07) is 16.0. The first-order valence-electron chi connectivity index (χ1n) is 10.6. The number of halogens is 1. The van der Waals surface area contributed by atoms with E-state index in [0.717, 1.165) is 0 Å². The number of hydrogen-bond donors (Lipinski definition) is 1. The number of hydrogen-bond acceptors (Lipinski definition) is 6. The summed E-state index contributed by atoms with van der Waals surface area (Å²) in [5.74, 6) is -1.82. The average Bonchev–Trinajstić information content (AvgIpc) is 3.15. The summed E-state index contributed by atoms with van der Waals surface area (Å²) in [6.45, 7) is 1.53. The van der Waals surface area contributed by atoms with Crippen LogP contribution >= 0.6 is 0 Å². The van der Waals surface area contributed by atoms with E-state index in [1.165, 1.54) is 56.4 Å². The van der Waals surface area contributed by atoms with E-state index in [9.17, 15) is 19.1 Å². The molecular formula is C27H21FN2O5. The largest absolute Gasteiger partial charge is 0.507 e. The third-order valence-corrected chi connectivity index (χ3v) is 5.87. The van der Waals surface area contributed by atoms with E-state index < -0.39 is 29.3 Å². The first-order valence-corrected chi connectivity index (χ1v) is 10.6. The molecule has 35 heavy (non-hydrogen) atoms. The van der Waals surface area contributed by atoms with Gasteiger partial charge in [0.25, 0.3) is 11.7 Å². The SMILES string of the molecule is COc1ccc(C2/C(=C(/O)c3ccc(F)c(C)c3)C(=O)C(=O)N2c2ccc(C#N)cc2)cc1OC. The fourth-order valence-electron chi connectivity index (χ4n) is 4.08. The Hall–Kier alpha value is -4.64. The zero-order valence-electron chi connectivity index (χ0n) is 19.2. The molecule has 1 atom stereocenters. The Bertz CT molecular complexity index is 1410. The van der Waals surface area contributed by atoms with Crippen molar-refractivity contribution in [3.8, 4) is 17.6 Å². The van der Waals surface area contributed by atoms with Crippen molar-refractivity contribution in [2.75, 3.05) is 19.1 Å². The number of anilines is 1. The zero-order valence-corrected chi connectivity index (χ0v) is 19.2. The maximum absolute atomic E-state index is 13.8. The Labute approximate surface area is 201 Å². The highest BCUT2D eigenvalue weighted by molar-refractivity contribution is 6.51. The highest BCUT2D eigenvalue weighted by atomic mass is 19.1. The predicted molar refractivity (Wildman–Crippen MR) is 127 cm³/mol. The van der Waals surface area contributed by atoms with Crippen LogP contribution in [-0.4, -0.2) is 31.0 Å². The van der Waals surface area contributed by atoms with Gasteiger partial charge in [-0.2, -0.15) is 5.26 Å². The van der Waals surface area contributed by atoms with Gasteiger partial charge in [-0.3, -0.25) is 14.5 Å². The van der Waals surface area contributed by atoms with Crippen molar-refractivity contribution >= 4 is 23.1 Å². The van der Waals surface area contributed by atoms with Crippen LogP contribution in [0, 0.1) is 24.1 Å². The molecule has 4 rings (SSSR count). The van der Waals surface area contributed by atoms with Crippen LogP contribution in [-0.2, 0) is 9.59 Å². The molecule has 0 aromatic heterocycles. The lowest BCUT2D eigenvalue weighted by Crippen LogP contribution is -2.29. The average molecular weight is 472 g/mol. The summed E-state index contributed by atoms with van der Waals surface area (Å²) in [5.41, 5.74) is 1.55. The number of amides is 1. The second kappa shape index (κ2) is 9.31. The Kier molecular flexibility index (Phi) is 6.26. The summed E-state index contributed by atoms with van der Waals surface area (Å²) >= 11 is 0. The minimum absolute atomic E-state index is 0.155. The molecule has 1 heterocycles. The van der Waals surface area contributed by atoms with Crippen LogP contribution in [0.1, 0.15) is 28.3 Å². The molecule has 3 aromatic carbocycles. The minimum Gasteiger partial charge on any atom is -0.507 e. The molecular weight excluding hydrogens is 451 g/mol. The molecule has 1 N–H and O–H groups in total. The van der Waals surface area contributed by atoms with Crippen LogP contribution in [0.3, 0.4) is 0 Å². The summed E-state index contributed by atoms with van der Waals surface area (Å²) in [5, 5.41) is 20.3. The van der Waals surface area contributed by atoms with E-state index in [2.05, 4.69) is 0 Å². The van der Waals surface area contributed by atoms with Crippen LogP contribution < -0.4 is 14.4 Å². The highest BCUT2D eigenvalue weighted by Gasteiger charge is 2.47. The molecule has 7 nitrogen and oxygen atoms in total. The first-order chi connectivity index (χ1) is 16.8. The second-order valence-electron chi connectivity index (χ2n) is 7.91. The first kappa shape index (κ1) is 23.5. The van der Waals surface area contributed by atoms with Crippen molar-refractivity contribution in [2.24, 2.45) is 0 Å². The number of nitriles is 1. The molecule has 1 aliphatic rings. The van der Waals surface area contributed by atoms with Crippen molar-refractivity contribution in [2.45, 2.75) is 13.0 Å². The van der Waals surface area contributed by atoms with Crippen LogP contribution in [0.4, 0.5) is 10.1 Å². The van der Waals surface area contributed by atoms with E-state index in [1.807, 2.05) is 6.07 Å². The Morgan fingerprint density at radius 2 is 1.69 bits per heavy atom. The molecule has 0 aliphatic carbocycles. The van der Waals surface area contributed by atoms with Gasteiger partial charge in [0.1, 0.15) is 11.6 Å². The van der Waals surface area contributed by atoms with Crippen LogP contribution in [0.15, 0.2) is 66.2 Å². The van der Waals surface area contributed by atoms with Gasteiger partial charge in [-0.25, -0.2) is 4.39 Å². The minimum atomic E-state index is -1.02. The van der Waals surface area contributed by atoms with E-state index in [4.69, 9.17) is 14.7 Å². The van der Waals surface area contributed by atoms with Gasteiger partial charge in [0.05, 0.1) is 37.5 Å². The van der Waals surface area contributed by atoms with E-state index in [0.29, 0.717) is 28.3 Å². The molecule has 1 fully saturated rings. The molecule has 1 saturated heterocycles. The number of aliphatic hydroxyl groups excluding tert-OH is 1. The van der Waals surface area contributed by atoms with Gasteiger partial charge < -0.3 is 14.6 Å². The molecule has 0 spiro atoms. The second-order valence-corrected chi connectivity index (χ2v) is 7.91. The summed E-state index contributed by atoms with van der Waals surface area (Å²) < 4.78 is 24.5. The third-order valence-electron chi connectivity index (χ3n) is 5.87. The maximum Gasteiger partial charge on any atom is 0.300 e. The van der Waals surface area contributed by atoms with Gasteiger partial charge in [0.15, 0.2) is 11.5 Å². The van der Waals surface area contributed by atoms with Gasteiger partial charge >= 0.3 is 0 Å². The lowest BCUT2D eigenvalue weighted by Gasteiger charge is -2.26. The third kappa shape index (κ3) is 4.08. The number of benzene rings is 3. The number of carbonyl (C=O) groups excluding carboxylic acids is 2. The topological polar surface area (TPSA) is 99.9 Å². The normalized spacial score (nSPS) is 16.8. The van der Waals surface area contributed by atoms with E-state index in [1.54, 1.807) is 30.3 Å². The predicted octanol–water partition coefficient (Wildman–Crippen LogP) is 4.65. The molecule has 1 unspecified atom stereocenters. The zero-order chi connectivity index (χ0) is 25.3. The van der Waals surface area contributed by atoms with Crippen molar-refractivity contribution in [1.29, 1.82) is 5.26 Å². The van der Waals surface area contributed by atoms with Crippen LogP contribution in [0.25, 0.3) is 5.76 Å². The monoisotopic (exact) mass is 472 g/mol. The van der Waals surface area contributed by atoms with Gasteiger partial charge in [0, 0.05) is 11.3 Å². The molecule has 0 saturated carbocycles. The van der Waals surface area contributed by atoms with Crippen molar-refractivity contribution in [3.05, 3.63) is 94.3 Å². The number of aryl methyl sites for hydroxylation is 1. The maximum atomic E-state index is 13.8. The number of ether oxygens (including phenoxy) is 2. The van der Waals surface area contributed by atoms with Crippen LogP contribution in [0.5, 0.6) is 11.5 Å². The Balaban J connectivity index is 1.97. The van der Waals surface area contributed by atoms with Crippen molar-refractivity contribution < 1.29 is 28.6 Å². The van der Waals surface area contributed by atoms with Gasteiger partial charge in [-0.15, -0.1) is 0 Å². The van der Waals surface area contributed by atoms with Crippen LogP contribution in [0.2, 0.25) is 0 Å². The molecule has 1 aliphatic heterocycles. The molecule has 3 aromatic rings. The quantitative estimate of drug-likeness (QED) is 0.330. The number of carbonyl (C=O) groups is 2. The summed E-state index contributed by atoms with van der Waals surface area (Å²) in [6.07, 6.45) is 0. The molecule has 0 bridgehead atoms.